The summed E-state index contributed by atoms with van der Waals surface area (Å²) in [6, 6.07) is 3.55. The van der Waals surface area contributed by atoms with Crippen LogP contribution >= 0.6 is 0 Å². The lowest BCUT2D eigenvalue weighted by Gasteiger charge is -1.95. The molecule has 0 spiro atoms. The topological polar surface area (TPSA) is 84.7 Å². The zero-order chi connectivity index (χ0) is 10.8. The van der Waals surface area contributed by atoms with Crippen LogP contribution in [0.15, 0.2) is 24.5 Å². The molecule has 0 aliphatic carbocycles. The molecule has 2 heterocycles. The molecule has 0 saturated heterocycles. The van der Waals surface area contributed by atoms with Crippen LogP contribution in [0.2, 0.25) is 0 Å². The van der Waals surface area contributed by atoms with Crippen molar-refractivity contribution in [3.8, 4) is 11.3 Å². The number of rotatable bonds is 2. The number of hydrogen-bond acceptors (Lipinski definition) is 3. The Kier molecular flexibility index (Phi) is 2.21. The minimum atomic E-state index is -0.519. The average molecular weight is 202 g/mol. The molecule has 5 nitrogen and oxygen atoms in total. The number of nitrogens with one attached hydrogen (secondary N) is 1. The summed E-state index contributed by atoms with van der Waals surface area (Å²) in [5.41, 5.74) is 7.97. The van der Waals surface area contributed by atoms with Crippen molar-refractivity contribution >= 4 is 5.91 Å². The number of H-pyrrole nitrogens is 1. The highest BCUT2D eigenvalue weighted by Crippen LogP contribution is 2.17. The molecule has 0 fully saturated rings. The fourth-order valence-electron chi connectivity index (χ4n) is 1.29. The Balaban J connectivity index is 2.41. The first kappa shape index (κ1) is 9.39. The van der Waals surface area contributed by atoms with Gasteiger partial charge in [-0.2, -0.15) is 5.10 Å². The van der Waals surface area contributed by atoms with Gasteiger partial charge in [0.25, 0.3) is 5.91 Å². The Hall–Kier alpha value is -2.17. The lowest BCUT2D eigenvalue weighted by atomic mass is 10.1. The summed E-state index contributed by atoms with van der Waals surface area (Å²) in [5.74, 6) is -0.519. The Labute approximate surface area is 86.3 Å². The van der Waals surface area contributed by atoms with Gasteiger partial charge in [0.2, 0.25) is 0 Å². The van der Waals surface area contributed by atoms with Gasteiger partial charge in [0.1, 0.15) is 5.69 Å². The third-order valence-corrected chi connectivity index (χ3v) is 2.01. The SMILES string of the molecule is Cc1cncc(-c2cc(C(N)=O)[nH]n2)c1. The van der Waals surface area contributed by atoms with Crippen molar-refractivity contribution in [1.29, 1.82) is 0 Å². The molecule has 2 rings (SSSR count). The number of nitrogens with two attached hydrogens (primary N) is 1. The van der Waals surface area contributed by atoms with Crippen LogP contribution in [0.5, 0.6) is 0 Å². The standard InChI is InChI=1S/C10H10N4O/c1-6-2-7(5-12-4-6)8-3-9(10(11)15)14-13-8/h2-5H,1H3,(H2,11,15)(H,13,14). The van der Waals surface area contributed by atoms with Gasteiger partial charge in [-0.1, -0.05) is 0 Å². The molecule has 15 heavy (non-hydrogen) atoms. The van der Waals surface area contributed by atoms with E-state index in [1.54, 1.807) is 18.5 Å². The van der Waals surface area contributed by atoms with Crippen molar-refractivity contribution in [2.24, 2.45) is 5.73 Å². The predicted octanol–water partition coefficient (Wildman–Crippen LogP) is 0.879. The van der Waals surface area contributed by atoms with Crippen molar-refractivity contribution in [2.45, 2.75) is 6.92 Å². The summed E-state index contributed by atoms with van der Waals surface area (Å²) in [5, 5.41) is 6.55. The predicted molar refractivity (Wildman–Crippen MR) is 55.1 cm³/mol. The summed E-state index contributed by atoms with van der Waals surface area (Å²) in [6.07, 6.45) is 3.44. The third-order valence-electron chi connectivity index (χ3n) is 2.01. The number of hydrogen-bond donors (Lipinski definition) is 2. The van der Waals surface area contributed by atoms with Crippen molar-refractivity contribution in [3.63, 3.8) is 0 Å². The Morgan fingerprint density at radius 2 is 2.20 bits per heavy atom. The quantitative estimate of drug-likeness (QED) is 0.758. The van der Waals surface area contributed by atoms with Crippen molar-refractivity contribution < 1.29 is 4.79 Å². The number of primary amides is 1. The highest BCUT2D eigenvalue weighted by Gasteiger charge is 2.07. The molecule has 0 radical (unpaired) electrons. The average Bonchev–Trinajstić information content (AvgIpc) is 2.66. The highest BCUT2D eigenvalue weighted by atomic mass is 16.1. The largest absolute Gasteiger partial charge is 0.364 e. The molecule has 0 aromatic carbocycles. The second-order valence-corrected chi connectivity index (χ2v) is 3.28. The van der Waals surface area contributed by atoms with E-state index in [2.05, 4.69) is 15.2 Å². The molecule has 2 aromatic rings. The number of aromatic amines is 1. The van der Waals surface area contributed by atoms with E-state index in [1.807, 2.05) is 13.0 Å². The van der Waals surface area contributed by atoms with Crippen LogP contribution in [0.4, 0.5) is 0 Å². The Morgan fingerprint density at radius 1 is 1.40 bits per heavy atom. The maximum atomic E-state index is 10.8. The lowest BCUT2D eigenvalue weighted by molar-refractivity contribution is 0.0995. The van der Waals surface area contributed by atoms with Crippen molar-refractivity contribution in [3.05, 3.63) is 35.8 Å². The van der Waals surface area contributed by atoms with E-state index in [-0.39, 0.29) is 0 Å². The van der Waals surface area contributed by atoms with Gasteiger partial charge >= 0.3 is 0 Å². The number of amides is 1. The van der Waals surface area contributed by atoms with Crippen molar-refractivity contribution in [2.75, 3.05) is 0 Å². The fourth-order valence-corrected chi connectivity index (χ4v) is 1.29. The molecule has 2 aromatic heterocycles. The maximum Gasteiger partial charge on any atom is 0.266 e. The first-order valence-corrected chi connectivity index (χ1v) is 4.44. The summed E-state index contributed by atoms with van der Waals surface area (Å²) in [4.78, 5) is 14.9. The molecular formula is C10H10N4O. The van der Waals surface area contributed by atoms with Crippen LogP contribution in [0, 0.1) is 6.92 Å². The minimum Gasteiger partial charge on any atom is -0.364 e. The van der Waals surface area contributed by atoms with Gasteiger partial charge in [0.15, 0.2) is 0 Å². The molecule has 0 aliphatic rings. The van der Waals surface area contributed by atoms with E-state index in [9.17, 15) is 4.79 Å². The van der Waals surface area contributed by atoms with E-state index in [0.29, 0.717) is 11.4 Å². The minimum absolute atomic E-state index is 0.298. The maximum absolute atomic E-state index is 10.8. The summed E-state index contributed by atoms with van der Waals surface area (Å²) in [6.45, 7) is 1.94. The number of nitrogens with zero attached hydrogens (tertiary/aromatic N) is 2. The molecule has 1 amide bonds. The first-order valence-electron chi connectivity index (χ1n) is 4.44. The fraction of sp³-hybridized carbons (Fsp3) is 0.100. The Bertz CT molecular complexity index is 504. The second kappa shape index (κ2) is 3.53. The molecular weight excluding hydrogens is 192 g/mol. The van der Waals surface area contributed by atoms with Crippen LogP contribution in [0.25, 0.3) is 11.3 Å². The van der Waals surface area contributed by atoms with E-state index in [0.717, 1.165) is 11.1 Å². The Morgan fingerprint density at radius 3 is 2.80 bits per heavy atom. The zero-order valence-corrected chi connectivity index (χ0v) is 8.19. The monoisotopic (exact) mass is 202 g/mol. The van der Waals surface area contributed by atoms with Crippen LogP contribution in [0.3, 0.4) is 0 Å². The van der Waals surface area contributed by atoms with Gasteiger partial charge in [0.05, 0.1) is 5.69 Å². The molecule has 76 valence electrons. The second-order valence-electron chi connectivity index (χ2n) is 3.28. The van der Waals surface area contributed by atoms with Gasteiger partial charge in [-0.05, 0) is 24.6 Å². The summed E-state index contributed by atoms with van der Waals surface area (Å²) >= 11 is 0. The molecule has 0 aliphatic heterocycles. The first-order chi connectivity index (χ1) is 7.16. The summed E-state index contributed by atoms with van der Waals surface area (Å²) in [7, 11) is 0. The number of carbonyl (C=O) groups is 1. The zero-order valence-electron chi connectivity index (χ0n) is 8.19. The van der Waals surface area contributed by atoms with Crippen molar-refractivity contribution in [1.82, 2.24) is 15.2 Å². The molecule has 5 heteroatoms. The molecule has 3 N–H and O–H groups in total. The van der Waals surface area contributed by atoms with Gasteiger partial charge in [-0.25, -0.2) is 0 Å². The van der Waals surface area contributed by atoms with E-state index in [4.69, 9.17) is 5.73 Å². The number of carbonyl (C=O) groups excluding carboxylic acids is 1. The lowest BCUT2D eigenvalue weighted by Crippen LogP contribution is -2.10. The van der Waals surface area contributed by atoms with Crippen LogP contribution in [-0.2, 0) is 0 Å². The highest BCUT2D eigenvalue weighted by molar-refractivity contribution is 5.91. The molecule has 0 unspecified atom stereocenters. The van der Waals surface area contributed by atoms with E-state index < -0.39 is 5.91 Å². The van der Waals surface area contributed by atoms with Gasteiger partial charge < -0.3 is 5.73 Å². The van der Waals surface area contributed by atoms with Crippen LogP contribution in [-0.4, -0.2) is 21.1 Å². The smallest absolute Gasteiger partial charge is 0.266 e. The van der Waals surface area contributed by atoms with E-state index in [1.165, 1.54) is 0 Å². The number of aryl methyl sites for hydroxylation is 1. The molecule has 0 atom stereocenters. The van der Waals surface area contributed by atoms with E-state index >= 15 is 0 Å². The number of pyridine rings is 1. The van der Waals surface area contributed by atoms with Gasteiger partial charge in [-0.3, -0.25) is 14.9 Å². The summed E-state index contributed by atoms with van der Waals surface area (Å²) < 4.78 is 0. The van der Waals surface area contributed by atoms with Crippen LogP contribution < -0.4 is 5.73 Å². The third kappa shape index (κ3) is 1.85. The van der Waals surface area contributed by atoms with Gasteiger partial charge in [0, 0.05) is 18.0 Å². The number of aromatic nitrogens is 3. The molecule has 0 bridgehead atoms. The van der Waals surface area contributed by atoms with Crippen LogP contribution in [0.1, 0.15) is 16.1 Å². The molecule has 0 saturated carbocycles. The normalized spacial score (nSPS) is 10.2. The van der Waals surface area contributed by atoms with Gasteiger partial charge in [-0.15, -0.1) is 0 Å².